The van der Waals surface area contributed by atoms with Crippen molar-refractivity contribution in [1.82, 2.24) is 0 Å². The predicted molar refractivity (Wildman–Crippen MR) is 59.2 cm³/mol. The van der Waals surface area contributed by atoms with E-state index in [0.717, 1.165) is 12.1 Å². The van der Waals surface area contributed by atoms with E-state index in [-0.39, 0.29) is 0 Å². The molecule has 0 saturated heterocycles. The van der Waals surface area contributed by atoms with Gasteiger partial charge in [0.1, 0.15) is 0 Å². The quantitative estimate of drug-likeness (QED) is 0.602. The fraction of sp³-hybridized carbons (Fsp3) is 0.333. The molecule has 12 heteroatoms. The monoisotopic (exact) mass is 366 g/mol. The molecule has 0 aromatic heterocycles. The van der Waals surface area contributed by atoms with Gasteiger partial charge in [-0.25, -0.2) is 9.59 Å². The molecule has 0 aliphatic rings. The van der Waals surface area contributed by atoms with Gasteiger partial charge in [0.2, 0.25) is 0 Å². The van der Waals surface area contributed by atoms with Gasteiger partial charge in [-0.1, -0.05) is 12.1 Å². The van der Waals surface area contributed by atoms with Crippen LogP contribution in [-0.2, 0) is 9.47 Å². The molecule has 1 aromatic rings. The van der Waals surface area contributed by atoms with Crippen LogP contribution in [0.2, 0.25) is 0 Å². The summed E-state index contributed by atoms with van der Waals surface area (Å²) in [5.41, 5.74) is -2.08. The zero-order chi connectivity index (χ0) is 18.7. The number of esters is 2. The van der Waals surface area contributed by atoms with E-state index in [1.807, 2.05) is 0 Å². The lowest BCUT2D eigenvalue weighted by Gasteiger charge is -2.16. The van der Waals surface area contributed by atoms with E-state index in [9.17, 15) is 44.7 Å². The van der Waals surface area contributed by atoms with E-state index >= 15 is 0 Å². The number of carbonyl (C=O) groups excluding carboxylic acids is 2. The molecule has 24 heavy (non-hydrogen) atoms. The van der Waals surface area contributed by atoms with Gasteiger partial charge in [0.05, 0.1) is 11.1 Å². The molecule has 0 bridgehead atoms. The van der Waals surface area contributed by atoms with E-state index in [1.54, 1.807) is 0 Å². The molecular weight excluding hydrogens is 360 g/mol. The van der Waals surface area contributed by atoms with Gasteiger partial charge in [-0.15, -0.1) is 0 Å². The molecule has 134 valence electrons. The van der Waals surface area contributed by atoms with Gasteiger partial charge in [-0.2, -0.15) is 35.1 Å². The standard InChI is InChI=1S/C12H6F8O4/c13-9(11(15,16)17)23-7(21)5-3-1-2-4-6(5)8(22)24-10(14)12(18,19)20/h1-4,9-10H. The van der Waals surface area contributed by atoms with Gasteiger partial charge in [0.25, 0.3) is 0 Å². The molecule has 0 aliphatic heterocycles. The second kappa shape index (κ2) is 7.01. The third-order valence-electron chi connectivity index (χ3n) is 2.30. The second-order valence-corrected chi connectivity index (χ2v) is 4.07. The maximum atomic E-state index is 12.7. The highest BCUT2D eigenvalue weighted by molar-refractivity contribution is 6.03. The van der Waals surface area contributed by atoms with Gasteiger partial charge in [-0.3, -0.25) is 0 Å². The van der Waals surface area contributed by atoms with Crippen LogP contribution in [0.3, 0.4) is 0 Å². The number of rotatable bonds is 4. The van der Waals surface area contributed by atoms with Crippen molar-refractivity contribution in [3.05, 3.63) is 35.4 Å². The normalized spacial score (nSPS) is 14.7. The van der Waals surface area contributed by atoms with Crippen molar-refractivity contribution in [2.24, 2.45) is 0 Å². The number of carbonyl (C=O) groups is 2. The van der Waals surface area contributed by atoms with Crippen molar-refractivity contribution < 1.29 is 54.2 Å². The third kappa shape index (κ3) is 5.06. The van der Waals surface area contributed by atoms with Crippen molar-refractivity contribution in [2.75, 3.05) is 0 Å². The van der Waals surface area contributed by atoms with Gasteiger partial charge < -0.3 is 9.47 Å². The highest BCUT2D eigenvalue weighted by Gasteiger charge is 2.45. The minimum atomic E-state index is -5.55. The van der Waals surface area contributed by atoms with E-state index in [0.29, 0.717) is 12.1 Å². The number of halogens is 8. The fourth-order valence-corrected chi connectivity index (χ4v) is 1.29. The summed E-state index contributed by atoms with van der Waals surface area (Å²) in [6, 6.07) is 3.29. The molecule has 0 aliphatic carbocycles. The van der Waals surface area contributed by atoms with Crippen LogP contribution in [0.1, 0.15) is 20.7 Å². The van der Waals surface area contributed by atoms with Crippen LogP contribution in [0.15, 0.2) is 24.3 Å². The number of hydrogen-bond acceptors (Lipinski definition) is 4. The Bertz CT molecular complexity index is 557. The van der Waals surface area contributed by atoms with Gasteiger partial charge in [0, 0.05) is 0 Å². The van der Waals surface area contributed by atoms with Gasteiger partial charge in [-0.05, 0) is 12.1 Å². The first-order chi connectivity index (χ1) is 10.8. The lowest BCUT2D eigenvalue weighted by molar-refractivity contribution is -0.246. The van der Waals surface area contributed by atoms with E-state index < -0.39 is 48.1 Å². The Kier molecular flexibility index (Phi) is 5.74. The van der Waals surface area contributed by atoms with Crippen LogP contribution < -0.4 is 0 Å². The molecular formula is C12H6F8O4. The van der Waals surface area contributed by atoms with Crippen molar-refractivity contribution in [3.8, 4) is 0 Å². The Morgan fingerprint density at radius 3 is 1.29 bits per heavy atom. The Hall–Kier alpha value is -2.40. The maximum absolute atomic E-state index is 12.7. The van der Waals surface area contributed by atoms with Crippen LogP contribution >= 0.6 is 0 Å². The minimum absolute atomic E-state index is 0.656. The molecule has 1 aromatic carbocycles. The molecule has 0 radical (unpaired) electrons. The Balaban J connectivity index is 3.00. The molecule has 0 saturated carbocycles. The van der Waals surface area contributed by atoms with Crippen LogP contribution in [0.25, 0.3) is 0 Å². The molecule has 0 fully saturated rings. The fourth-order valence-electron chi connectivity index (χ4n) is 1.29. The average Bonchev–Trinajstić information content (AvgIpc) is 2.45. The average molecular weight is 366 g/mol. The summed E-state index contributed by atoms with van der Waals surface area (Å²) in [7, 11) is 0. The minimum Gasteiger partial charge on any atom is -0.418 e. The first-order valence-electron chi connectivity index (χ1n) is 5.76. The van der Waals surface area contributed by atoms with Crippen molar-refractivity contribution in [2.45, 2.75) is 25.1 Å². The highest BCUT2D eigenvalue weighted by Crippen LogP contribution is 2.27. The predicted octanol–water partition coefficient (Wildman–Crippen LogP) is 3.72. The summed E-state index contributed by atoms with van der Waals surface area (Å²) in [4.78, 5) is 22.8. The van der Waals surface area contributed by atoms with Crippen molar-refractivity contribution in [1.29, 1.82) is 0 Å². The van der Waals surface area contributed by atoms with Crippen LogP contribution in [-0.4, -0.2) is 37.0 Å². The highest BCUT2D eigenvalue weighted by atomic mass is 19.4. The number of hydrogen-bond donors (Lipinski definition) is 0. The molecule has 0 amide bonds. The summed E-state index contributed by atoms with van der Waals surface area (Å²) >= 11 is 0. The second-order valence-electron chi connectivity index (χ2n) is 4.07. The Labute approximate surface area is 127 Å². The van der Waals surface area contributed by atoms with E-state index in [1.165, 1.54) is 0 Å². The molecule has 4 nitrogen and oxygen atoms in total. The third-order valence-corrected chi connectivity index (χ3v) is 2.30. The zero-order valence-electron chi connectivity index (χ0n) is 11.1. The van der Waals surface area contributed by atoms with Crippen LogP contribution in [0.4, 0.5) is 35.1 Å². The molecule has 1 rings (SSSR count). The molecule has 2 atom stereocenters. The van der Waals surface area contributed by atoms with E-state index in [4.69, 9.17) is 0 Å². The molecule has 0 heterocycles. The summed E-state index contributed by atoms with van der Waals surface area (Å²) < 4.78 is 104. The lowest BCUT2D eigenvalue weighted by atomic mass is 10.1. The van der Waals surface area contributed by atoms with Gasteiger partial charge >= 0.3 is 37.0 Å². The first-order valence-corrected chi connectivity index (χ1v) is 5.76. The summed E-state index contributed by atoms with van der Waals surface area (Å²) in [5.74, 6) is -4.01. The van der Waals surface area contributed by atoms with Gasteiger partial charge in [0.15, 0.2) is 0 Å². The van der Waals surface area contributed by atoms with E-state index in [2.05, 4.69) is 9.47 Å². The lowest BCUT2D eigenvalue weighted by Crippen LogP contribution is -2.32. The summed E-state index contributed by atoms with van der Waals surface area (Å²) in [6.07, 6.45) is -19.2. The number of ether oxygens (including phenoxy) is 2. The topological polar surface area (TPSA) is 52.6 Å². The number of alkyl halides is 8. The van der Waals surface area contributed by atoms with Crippen molar-refractivity contribution >= 4 is 11.9 Å². The van der Waals surface area contributed by atoms with Crippen LogP contribution in [0.5, 0.6) is 0 Å². The molecule has 2 unspecified atom stereocenters. The SMILES string of the molecule is O=C(OC(F)C(F)(F)F)c1ccccc1C(=O)OC(F)C(F)(F)F. The summed E-state index contributed by atoms with van der Waals surface area (Å²) in [5, 5.41) is 0. The first kappa shape index (κ1) is 19.6. The van der Waals surface area contributed by atoms with Crippen LogP contribution in [0, 0.1) is 0 Å². The molecule has 0 N–H and O–H groups in total. The maximum Gasteiger partial charge on any atom is 0.457 e. The summed E-state index contributed by atoms with van der Waals surface area (Å²) in [6.45, 7) is 0. The van der Waals surface area contributed by atoms with Crippen molar-refractivity contribution in [3.63, 3.8) is 0 Å². The molecule has 0 spiro atoms. The smallest absolute Gasteiger partial charge is 0.418 e. The Morgan fingerprint density at radius 2 is 1.04 bits per heavy atom. The Morgan fingerprint density at radius 1 is 0.750 bits per heavy atom. The largest absolute Gasteiger partial charge is 0.457 e. The zero-order valence-corrected chi connectivity index (χ0v) is 11.1. The number of benzene rings is 1.